The summed E-state index contributed by atoms with van der Waals surface area (Å²) in [6.45, 7) is 10.3. The Morgan fingerprint density at radius 1 is 1.21 bits per heavy atom. The van der Waals surface area contributed by atoms with Crippen molar-refractivity contribution in [1.29, 1.82) is 0 Å². The summed E-state index contributed by atoms with van der Waals surface area (Å²) >= 11 is 0. The predicted octanol–water partition coefficient (Wildman–Crippen LogP) is 3.03. The zero-order valence-electron chi connectivity index (χ0n) is 23.9. The lowest BCUT2D eigenvalue weighted by Crippen LogP contribution is -2.74. The van der Waals surface area contributed by atoms with E-state index < -0.39 is 58.1 Å². The molecule has 1 N–H and O–H groups in total. The van der Waals surface area contributed by atoms with Gasteiger partial charge in [-0.2, -0.15) is 0 Å². The van der Waals surface area contributed by atoms with Crippen molar-refractivity contribution in [3.63, 3.8) is 0 Å². The number of ether oxygens (including phenoxy) is 5. The van der Waals surface area contributed by atoms with Gasteiger partial charge in [0.25, 0.3) is 0 Å². The number of fused-ring (bicyclic) bond motifs is 2. The molecule has 10 heteroatoms. The number of carbonyl (C=O) groups excluding carboxylic acids is 4. The van der Waals surface area contributed by atoms with Crippen molar-refractivity contribution < 1.29 is 48.0 Å². The third-order valence-electron chi connectivity index (χ3n) is 10.0. The molecule has 3 fully saturated rings. The molecule has 8 atom stereocenters. The van der Waals surface area contributed by atoms with Crippen molar-refractivity contribution in [1.82, 2.24) is 0 Å². The maximum atomic E-state index is 13.2. The molecule has 1 unspecified atom stereocenters. The molecule has 0 aromatic heterocycles. The third kappa shape index (κ3) is 4.99. The van der Waals surface area contributed by atoms with E-state index in [0.717, 1.165) is 6.42 Å². The van der Waals surface area contributed by atoms with Crippen LogP contribution in [0.2, 0.25) is 0 Å². The van der Waals surface area contributed by atoms with E-state index >= 15 is 0 Å². The Hall–Kier alpha value is -2.46. The van der Waals surface area contributed by atoms with Crippen LogP contribution in [0.3, 0.4) is 0 Å². The summed E-state index contributed by atoms with van der Waals surface area (Å²) in [6, 6.07) is 0. The summed E-state index contributed by atoms with van der Waals surface area (Å²) in [6.07, 6.45) is 2.61. The van der Waals surface area contributed by atoms with Crippen LogP contribution in [0.25, 0.3) is 0 Å². The minimum absolute atomic E-state index is 0.0286. The molecule has 0 radical (unpaired) electrons. The molecule has 2 saturated carbocycles. The molecule has 4 aliphatic rings. The highest BCUT2D eigenvalue weighted by atomic mass is 16.6. The van der Waals surface area contributed by atoms with Gasteiger partial charge in [0, 0.05) is 38.2 Å². The normalized spacial score (nSPS) is 38.6. The molecule has 0 aromatic carbocycles. The minimum Gasteiger partial charge on any atom is -0.465 e. The van der Waals surface area contributed by atoms with Crippen LogP contribution in [0.5, 0.6) is 0 Å². The fraction of sp³-hybridized carbons (Fsp3) is 0.793. The second-order valence-electron chi connectivity index (χ2n) is 12.3. The lowest BCUT2D eigenvalue weighted by molar-refractivity contribution is -0.288. The van der Waals surface area contributed by atoms with Crippen LogP contribution in [0.1, 0.15) is 80.1 Å². The van der Waals surface area contributed by atoms with E-state index in [1.165, 1.54) is 19.9 Å². The first-order valence-electron chi connectivity index (χ1n) is 14.0. The number of aliphatic hydroxyl groups is 1. The smallest absolute Gasteiger partial charge is 0.331 e. The maximum Gasteiger partial charge on any atom is 0.331 e. The van der Waals surface area contributed by atoms with Gasteiger partial charge in [-0.3, -0.25) is 14.4 Å². The van der Waals surface area contributed by atoms with Crippen molar-refractivity contribution in [2.45, 2.75) is 103 Å². The molecular weight excluding hydrogens is 508 g/mol. The lowest BCUT2D eigenvalue weighted by Gasteiger charge is -2.66. The quantitative estimate of drug-likeness (QED) is 0.259. The average molecular weight is 551 g/mol. The highest BCUT2D eigenvalue weighted by Gasteiger charge is 2.78. The Balaban J connectivity index is 1.87. The summed E-state index contributed by atoms with van der Waals surface area (Å²) in [7, 11) is 0. The van der Waals surface area contributed by atoms with E-state index in [2.05, 4.69) is 0 Å². The number of epoxide rings is 1. The van der Waals surface area contributed by atoms with Crippen molar-refractivity contribution in [2.75, 3.05) is 19.8 Å². The van der Waals surface area contributed by atoms with Crippen LogP contribution in [0, 0.1) is 22.7 Å². The fourth-order valence-electron chi connectivity index (χ4n) is 7.42. The highest BCUT2D eigenvalue weighted by molar-refractivity contribution is 5.85. The van der Waals surface area contributed by atoms with Gasteiger partial charge in [0.1, 0.15) is 31.0 Å². The largest absolute Gasteiger partial charge is 0.465 e. The Morgan fingerprint density at radius 3 is 2.44 bits per heavy atom. The van der Waals surface area contributed by atoms with Crippen LogP contribution < -0.4 is 0 Å². The number of hydrogen-bond donors (Lipinski definition) is 1. The molecule has 218 valence electrons. The van der Waals surface area contributed by atoms with Crippen molar-refractivity contribution in [3.05, 3.63) is 11.6 Å². The van der Waals surface area contributed by atoms with E-state index in [-0.39, 0.29) is 37.9 Å². The third-order valence-corrected chi connectivity index (χ3v) is 10.0. The van der Waals surface area contributed by atoms with Crippen LogP contribution in [0.15, 0.2) is 11.6 Å². The van der Waals surface area contributed by atoms with Crippen molar-refractivity contribution in [3.8, 4) is 0 Å². The first-order chi connectivity index (χ1) is 18.2. The molecule has 2 aliphatic carbocycles. The van der Waals surface area contributed by atoms with Crippen LogP contribution in [0.4, 0.5) is 0 Å². The van der Waals surface area contributed by atoms with Crippen LogP contribution >= 0.6 is 0 Å². The van der Waals surface area contributed by atoms with Crippen LogP contribution in [-0.4, -0.2) is 72.2 Å². The van der Waals surface area contributed by atoms with E-state index in [9.17, 15) is 24.3 Å². The highest BCUT2D eigenvalue weighted by Crippen LogP contribution is 2.70. The zero-order valence-corrected chi connectivity index (χ0v) is 23.9. The molecule has 39 heavy (non-hydrogen) atoms. The summed E-state index contributed by atoms with van der Waals surface area (Å²) in [5.41, 5.74) is -3.60. The molecule has 0 bridgehead atoms. The SMILES string of the molecule is CCC(C)C(=O)O[C@H]1C[C@](C)(O)[C@](C)([C@H](CC2=CC(=O)OC2)OC(C)=O)[C@H]2CCC[C@]3(CO3)[C@]12COC(C)=O. The summed E-state index contributed by atoms with van der Waals surface area (Å²) in [5, 5.41) is 12.3. The molecular formula is C29H42O10. The number of carbonyl (C=O) groups is 4. The monoisotopic (exact) mass is 550 g/mol. The molecule has 0 aromatic rings. The first-order valence-corrected chi connectivity index (χ1v) is 14.0. The van der Waals surface area contributed by atoms with Crippen molar-refractivity contribution >= 4 is 23.9 Å². The van der Waals surface area contributed by atoms with Gasteiger partial charge in [-0.15, -0.1) is 0 Å². The van der Waals surface area contributed by atoms with E-state index in [1.807, 2.05) is 13.8 Å². The Kier molecular flexibility index (Phi) is 7.95. The van der Waals surface area contributed by atoms with Gasteiger partial charge < -0.3 is 28.8 Å². The number of cyclic esters (lactones) is 1. The Morgan fingerprint density at radius 2 is 1.90 bits per heavy atom. The topological polar surface area (TPSA) is 138 Å². The Bertz CT molecular complexity index is 1040. The first kappa shape index (κ1) is 29.5. The fourth-order valence-corrected chi connectivity index (χ4v) is 7.42. The molecule has 2 heterocycles. The minimum atomic E-state index is -1.48. The molecule has 1 spiro atoms. The predicted molar refractivity (Wildman–Crippen MR) is 137 cm³/mol. The maximum absolute atomic E-state index is 13.2. The Labute approximate surface area is 229 Å². The number of rotatable bonds is 9. The summed E-state index contributed by atoms with van der Waals surface area (Å²) in [5.74, 6) is -2.62. The van der Waals surface area contributed by atoms with Gasteiger partial charge in [-0.1, -0.05) is 27.2 Å². The molecule has 10 nitrogen and oxygen atoms in total. The standard InChI is InChI=1S/C29H42O10/c1-7-17(2)25(33)39-23-13-26(5,34)27(6,22(38-19(4)31)11-20-12-24(32)35-14-20)21-9-8-10-28(15-37-28)29(21,23)16-36-18(3)30/h12,17,21-23,34H,7-11,13-16H2,1-6H3/t17?,21-,22+,23+,26+,27+,28+,29+/m1/s1. The zero-order chi connectivity index (χ0) is 28.8. The average Bonchev–Trinajstić information content (AvgIpc) is 3.51. The second kappa shape index (κ2) is 10.5. The number of hydrogen-bond acceptors (Lipinski definition) is 10. The van der Waals surface area contributed by atoms with Gasteiger partial charge in [0.05, 0.1) is 23.5 Å². The van der Waals surface area contributed by atoms with Gasteiger partial charge in [0.2, 0.25) is 0 Å². The number of esters is 4. The molecule has 0 amide bonds. The molecule has 4 rings (SSSR count). The van der Waals surface area contributed by atoms with Crippen molar-refractivity contribution in [2.24, 2.45) is 22.7 Å². The second-order valence-corrected chi connectivity index (χ2v) is 12.3. The summed E-state index contributed by atoms with van der Waals surface area (Å²) in [4.78, 5) is 49.6. The van der Waals surface area contributed by atoms with Crippen LogP contribution in [-0.2, 0) is 42.9 Å². The molecule has 1 saturated heterocycles. The van der Waals surface area contributed by atoms with Gasteiger partial charge in [-0.25, -0.2) is 4.79 Å². The van der Waals surface area contributed by atoms with E-state index in [0.29, 0.717) is 31.4 Å². The summed E-state index contributed by atoms with van der Waals surface area (Å²) < 4.78 is 29.1. The van der Waals surface area contributed by atoms with Gasteiger partial charge in [0.15, 0.2) is 0 Å². The van der Waals surface area contributed by atoms with Gasteiger partial charge in [-0.05, 0) is 37.7 Å². The lowest BCUT2D eigenvalue weighted by atomic mass is 9.41. The molecule has 2 aliphatic heterocycles. The van der Waals surface area contributed by atoms with E-state index in [1.54, 1.807) is 13.8 Å². The van der Waals surface area contributed by atoms with Gasteiger partial charge >= 0.3 is 23.9 Å². The van der Waals surface area contributed by atoms with E-state index in [4.69, 9.17) is 23.7 Å².